The minimum absolute atomic E-state index is 0.105. The van der Waals surface area contributed by atoms with Crippen LogP contribution >= 0.6 is 25.3 Å². The Morgan fingerprint density at radius 2 is 1.46 bits per heavy atom. The van der Waals surface area contributed by atoms with Crippen molar-refractivity contribution in [2.24, 2.45) is 17.8 Å². The molecule has 0 amide bonds. The topological polar surface area (TPSA) is 52.6 Å². The van der Waals surface area contributed by atoms with Crippen LogP contribution < -0.4 is 0 Å². The largest absolute Gasteiger partial charge is 0.466 e. The fraction of sp³-hybridized carbons (Fsp3) is 0.889. The number of carbonyl (C=O) groups excluding carboxylic acids is 2. The molecule has 138 valence electrons. The highest BCUT2D eigenvalue weighted by molar-refractivity contribution is 7.81. The molecule has 2 rings (SSSR count). The van der Waals surface area contributed by atoms with Crippen LogP contribution in [0.15, 0.2) is 0 Å². The van der Waals surface area contributed by atoms with Gasteiger partial charge < -0.3 is 9.47 Å². The molecule has 4 atom stereocenters. The van der Waals surface area contributed by atoms with E-state index in [1.165, 1.54) is 0 Å². The summed E-state index contributed by atoms with van der Waals surface area (Å²) < 4.78 is 10.2. The molecule has 0 radical (unpaired) electrons. The van der Waals surface area contributed by atoms with Crippen molar-refractivity contribution >= 4 is 37.2 Å². The zero-order chi connectivity index (χ0) is 17.5. The number of hydrogen-bond acceptors (Lipinski definition) is 6. The van der Waals surface area contributed by atoms with Crippen molar-refractivity contribution in [2.45, 2.75) is 68.8 Å². The van der Waals surface area contributed by atoms with Gasteiger partial charge in [0.15, 0.2) is 0 Å². The van der Waals surface area contributed by atoms with E-state index in [0.717, 1.165) is 38.5 Å². The van der Waals surface area contributed by atoms with Crippen molar-refractivity contribution in [1.82, 2.24) is 0 Å². The second kappa shape index (κ2) is 9.95. The van der Waals surface area contributed by atoms with E-state index in [9.17, 15) is 9.59 Å². The van der Waals surface area contributed by atoms with Gasteiger partial charge in [-0.25, -0.2) is 0 Å². The minimum atomic E-state index is -0.105. The Kier molecular flexibility index (Phi) is 8.28. The molecule has 0 bridgehead atoms. The van der Waals surface area contributed by atoms with Crippen LogP contribution in [0.2, 0.25) is 0 Å². The van der Waals surface area contributed by atoms with E-state index in [1.807, 2.05) is 0 Å². The van der Waals surface area contributed by atoms with Crippen molar-refractivity contribution in [1.29, 1.82) is 0 Å². The van der Waals surface area contributed by atoms with E-state index >= 15 is 0 Å². The lowest BCUT2D eigenvalue weighted by Crippen LogP contribution is -2.36. The highest BCUT2D eigenvalue weighted by atomic mass is 32.1. The van der Waals surface area contributed by atoms with Crippen LogP contribution in [0.25, 0.3) is 0 Å². The molecule has 2 saturated heterocycles. The van der Waals surface area contributed by atoms with Gasteiger partial charge in [0.05, 0.1) is 13.2 Å². The third-order valence-corrected chi connectivity index (χ3v) is 6.51. The summed E-state index contributed by atoms with van der Waals surface area (Å²) in [5.74, 6) is 0.733. The Morgan fingerprint density at radius 3 is 1.92 bits per heavy atom. The van der Waals surface area contributed by atoms with Crippen LogP contribution in [0.4, 0.5) is 0 Å². The van der Waals surface area contributed by atoms with Gasteiger partial charge in [0.1, 0.15) is 0 Å². The van der Waals surface area contributed by atoms with Crippen molar-refractivity contribution in [3.8, 4) is 0 Å². The van der Waals surface area contributed by atoms with Gasteiger partial charge >= 0.3 is 11.9 Å². The van der Waals surface area contributed by atoms with Crippen molar-refractivity contribution in [3.63, 3.8) is 0 Å². The van der Waals surface area contributed by atoms with Gasteiger partial charge in [-0.1, -0.05) is 6.92 Å². The number of hydrogen-bond donors (Lipinski definition) is 2. The summed E-state index contributed by atoms with van der Waals surface area (Å²) in [6.07, 6.45) is 6.83. The number of carbonyl (C=O) groups is 2. The Bertz CT molecular complexity index is 401. The smallest absolute Gasteiger partial charge is 0.306 e. The number of rotatable bonds is 8. The lowest BCUT2D eigenvalue weighted by atomic mass is 9.72. The zero-order valence-corrected chi connectivity index (χ0v) is 16.3. The Morgan fingerprint density at radius 1 is 0.958 bits per heavy atom. The quantitative estimate of drug-likeness (QED) is 0.503. The first-order chi connectivity index (χ1) is 11.5. The third kappa shape index (κ3) is 6.17. The fourth-order valence-corrected chi connectivity index (χ4v) is 4.46. The number of esters is 2. The molecule has 4 nitrogen and oxygen atoms in total. The molecule has 0 N–H and O–H groups in total. The molecule has 0 spiro atoms. The van der Waals surface area contributed by atoms with Crippen LogP contribution in [-0.4, -0.2) is 35.7 Å². The SMILES string of the molecule is CCC(S)CCC(S)CC(C1CCOC(=O)C1)C1CCOC(=O)C1. The van der Waals surface area contributed by atoms with E-state index in [1.54, 1.807) is 0 Å². The summed E-state index contributed by atoms with van der Waals surface area (Å²) in [4.78, 5) is 23.4. The molecular weight excluding hydrogens is 344 g/mol. The molecule has 24 heavy (non-hydrogen) atoms. The summed E-state index contributed by atoms with van der Waals surface area (Å²) in [5.41, 5.74) is 0. The monoisotopic (exact) mass is 374 g/mol. The molecule has 0 aromatic rings. The summed E-state index contributed by atoms with van der Waals surface area (Å²) in [7, 11) is 0. The van der Waals surface area contributed by atoms with Gasteiger partial charge in [0, 0.05) is 23.3 Å². The predicted octanol–water partition coefficient (Wildman–Crippen LogP) is 3.69. The summed E-state index contributed by atoms with van der Waals surface area (Å²) in [5, 5.41) is 0.708. The van der Waals surface area contributed by atoms with E-state index < -0.39 is 0 Å². The second-order valence-electron chi connectivity index (χ2n) is 7.14. The predicted molar refractivity (Wildman–Crippen MR) is 101 cm³/mol. The van der Waals surface area contributed by atoms with Crippen molar-refractivity contribution in [3.05, 3.63) is 0 Å². The molecule has 0 aromatic heterocycles. The first-order valence-electron chi connectivity index (χ1n) is 9.17. The van der Waals surface area contributed by atoms with E-state index in [4.69, 9.17) is 22.1 Å². The minimum Gasteiger partial charge on any atom is -0.466 e. The van der Waals surface area contributed by atoms with Crippen LogP contribution in [0.1, 0.15) is 58.3 Å². The lowest BCUT2D eigenvalue weighted by molar-refractivity contribution is -0.153. The van der Waals surface area contributed by atoms with E-state index in [2.05, 4.69) is 19.6 Å². The van der Waals surface area contributed by atoms with Crippen LogP contribution in [0.5, 0.6) is 0 Å². The molecule has 2 aliphatic heterocycles. The summed E-state index contributed by atoms with van der Waals surface area (Å²) in [6.45, 7) is 3.15. The average Bonchev–Trinajstić information content (AvgIpc) is 2.57. The van der Waals surface area contributed by atoms with Crippen molar-refractivity contribution in [2.75, 3.05) is 13.2 Å². The molecule has 2 aliphatic rings. The highest BCUT2D eigenvalue weighted by Gasteiger charge is 2.37. The summed E-state index contributed by atoms with van der Waals surface area (Å²) in [6, 6.07) is 0. The van der Waals surface area contributed by atoms with Crippen LogP contribution in [0, 0.1) is 17.8 Å². The fourth-order valence-electron chi connectivity index (χ4n) is 3.92. The third-order valence-electron chi connectivity index (χ3n) is 5.42. The summed E-state index contributed by atoms with van der Waals surface area (Å²) >= 11 is 9.37. The van der Waals surface area contributed by atoms with Gasteiger partial charge in [-0.15, -0.1) is 0 Å². The number of thiol groups is 2. The zero-order valence-electron chi connectivity index (χ0n) is 14.5. The van der Waals surface area contributed by atoms with Gasteiger partial charge in [0.2, 0.25) is 0 Å². The van der Waals surface area contributed by atoms with Crippen molar-refractivity contribution < 1.29 is 19.1 Å². The maximum Gasteiger partial charge on any atom is 0.306 e. The number of ether oxygens (including phenoxy) is 2. The van der Waals surface area contributed by atoms with E-state index in [-0.39, 0.29) is 17.2 Å². The molecular formula is C18H30O4S2. The first-order valence-corrected chi connectivity index (χ1v) is 10.2. The Labute approximate surface area is 156 Å². The lowest BCUT2D eigenvalue weighted by Gasteiger charge is -2.38. The Hall–Kier alpha value is -0.360. The molecule has 0 aromatic carbocycles. The van der Waals surface area contributed by atoms with Crippen LogP contribution in [-0.2, 0) is 19.1 Å². The molecule has 2 heterocycles. The van der Waals surface area contributed by atoms with E-state index in [0.29, 0.717) is 49.1 Å². The van der Waals surface area contributed by atoms with Gasteiger partial charge in [-0.05, 0) is 56.3 Å². The first kappa shape index (κ1) is 20.0. The maximum atomic E-state index is 11.7. The second-order valence-corrected chi connectivity index (χ2v) is 8.60. The molecule has 6 heteroatoms. The normalized spacial score (nSPS) is 28.6. The van der Waals surface area contributed by atoms with Crippen LogP contribution in [0.3, 0.4) is 0 Å². The number of cyclic esters (lactones) is 2. The molecule has 0 aliphatic carbocycles. The van der Waals surface area contributed by atoms with Gasteiger partial charge in [-0.2, -0.15) is 25.3 Å². The molecule has 4 unspecified atom stereocenters. The van der Waals surface area contributed by atoms with Gasteiger partial charge in [0.25, 0.3) is 0 Å². The Balaban J connectivity index is 1.98. The average molecular weight is 375 g/mol. The molecule has 2 fully saturated rings. The van der Waals surface area contributed by atoms with Gasteiger partial charge in [-0.3, -0.25) is 9.59 Å². The molecule has 0 saturated carbocycles. The standard InChI is InChI=1S/C18H30O4S2/c1-2-14(23)3-4-15(24)11-16(12-5-7-21-17(19)9-12)13-6-8-22-18(20)10-13/h12-16,23-24H,2-11H2,1H3. The maximum absolute atomic E-state index is 11.7. The highest BCUT2D eigenvalue weighted by Crippen LogP contribution is 2.39.